The van der Waals surface area contributed by atoms with Crippen molar-refractivity contribution in [1.29, 1.82) is 0 Å². The molecule has 0 aliphatic rings. The molecule has 0 aliphatic carbocycles. The van der Waals surface area contributed by atoms with E-state index in [4.69, 9.17) is 0 Å². The van der Waals surface area contributed by atoms with Crippen LogP contribution < -0.4 is 10.9 Å². The van der Waals surface area contributed by atoms with Crippen LogP contribution in [0.5, 0.6) is 0 Å². The topological polar surface area (TPSA) is 0 Å². The molecule has 0 N–H and O–H groups in total. The monoisotopic (exact) mass is 208 g/mol. The zero-order valence-corrected chi connectivity index (χ0v) is 10.6. The van der Waals surface area contributed by atoms with Crippen molar-refractivity contribution in [2.75, 3.05) is 0 Å². The Morgan fingerprint density at radius 3 is 1.31 bits per heavy atom. The largest absolute Gasteiger partial charge is 0.170 e. The molecule has 0 saturated heterocycles. The van der Waals surface area contributed by atoms with Crippen LogP contribution in [0.1, 0.15) is 0 Å². The Morgan fingerprint density at radius 1 is 0.625 bits per heavy atom. The second-order valence-electron chi connectivity index (χ2n) is 5.10. The molecule has 0 unspecified atom stereocenters. The van der Waals surface area contributed by atoms with Crippen molar-refractivity contribution in [2.45, 2.75) is 27.3 Å². The highest BCUT2D eigenvalue weighted by molar-refractivity contribution is 6.75. The minimum atomic E-state index is 0.589. The predicted octanol–water partition coefficient (Wildman–Crippen LogP) is 2.76. The lowest BCUT2D eigenvalue weighted by Crippen LogP contribution is -2.28. The fourth-order valence-corrected chi connectivity index (χ4v) is 2.37. The van der Waals surface area contributed by atoms with Crippen LogP contribution in [-0.2, 0) is 0 Å². The third kappa shape index (κ3) is 1.89. The van der Waals surface area contributed by atoms with E-state index in [0.29, 0.717) is 13.4 Å². The van der Waals surface area contributed by atoms with Gasteiger partial charge < -0.3 is 0 Å². The molecule has 16 heavy (non-hydrogen) atoms. The Bertz CT molecular complexity index is 454. The molecular weight excluding hydrogens is 190 g/mol. The quantitative estimate of drug-likeness (QED) is 0.665. The van der Waals surface area contributed by atoms with Crippen LogP contribution in [0.25, 0.3) is 10.8 Å². The number of rotatable bonds is 2. The number of fused-ring (bicyclic) bond motifs is 1. The lowest BCUT2D eigenvalue weighted by atomic mass is 9.46. The van der Waals surface area contributed by atoms with E-state index in [0.717, 1.165) is 0 Å². The molecule has 0 atom stereocenters. The van der Waals surface area contributed by atoms with Gasteiger partial charge in [-0.25, -0.2) is 0 Å². The van der Waals surface area contributed by atoms with E-state index in [9.17, 15) is 0 Å². The molecule has 2 aromatic rings. The molecule has 2 aromatic carbocycles. The van der Waals surface area contributed by atoms with Crippen LogP contribution in [0, 0.1) is 0 Å². The Labute approximate surface area is 99.2 Å². The average molecular weight is 208 g/mol. The van der Waals surface area contributed by atoms with E-state index in [1.165, 1.54) is 21.7 Å². The molecule has 2 heteroatoms. The summed E-state index contributed by atoms with van der Waals surface area (Å²) in [5.41, 5.74) is 2.92. The molecule has 80 valence electrons. The smallest absolute Gasteiger partial charge is 0.0819 e. The minimum absolute atomic E-state index is 0.589. The zero-order chi connectivity index (χ0) is 11.7. The van der Waals surface area contributed by atoms with Crippen LogP contribution in [0.4, 0.5) is 0 Å². The Balaban J connectivity index is 2.76. The summed E-state index contributed by atoms with van der Waals surface area (Å²) in [4.78, 5) is 0. The molecular formula is C14H18B2. The molecule has 0 bridgehead atoms. The van der Waals surface area contributed by atoms with Gasteiger partial charge in [-0.05, 0) is 10.8 Å². The summed E-state index contributed by atoms with van der Waals surface area (Å²) >= 11 is 0. The molecule has 0 saturated carbocycles. The molecule has 0 heterocycles. The van der Waals surface area contributed by atoms with Gasteiger partial charge in [-0.3, -0.25) is 0 Å². The SMILES string of the molecule is CB(C)c1cccc2c(B(C)C)cccc12. The number of hydrogen-bond donors (Lipinski definition) is 0. The highest BCUT2D eigenvalue weighted by Gasteiger charge is 2.11. The van der Waals surface area contributed by atoms with Gasteiger partial charge in [0.2, 0.25) is 0 Å². The first-order valence-corrected chi connectivity index (χ1v) is 6.12. The van der Waals surface area contributed by atoms with Crippen molar-refractivity contribution in [1.82, 2.24) is 0 Å². The number of hydrogen-bond acceptors (Lipinski definition) is 0. The highest BCUT2D eigenvalue weighted by Crippen LogP contribution is 2.11. The average Bonchev–Trinajstić information content (AvgIpc) is 2.27. The normalized spacial score (nSPS) is 10.5. The maximum atomic E-state index is 2.26. The minimum Gasteiger partial charge on any atom is -0.0819 e. The third-order valence-electron chi connectivity index (χ3n) is 3.23. The summed E-state index contributed by atoms with van der Waals surface area (Å²) in [6.07, 6.45) is 0. The molecule has 0 aromatic heterocycles. The lowest BCUT2D eigenvalue weighted by molar-refractivity contribution is 1.78. The van der Waals surface area contributed by atoms with Gasteiger partial charge >= 0.3 is 0 Å². The van der Waals surface area contributed by atoms with E-state index in [2.05, 4.69) is 63.7 Å². The summed E-state index contributed by atoms with van der Waals surface area (Å²) in [6.45, 7) is 10.2. The summed E-state index contributed by atoms with van der Waals surface area (Å²) in [6, 6.07) is 13.4. The third-order valence-corrected chi connectivity index (χ3v) is 3.23. The van der Waals surface area contributed by atoms with Crippen molar-refractivity contribution in [3.05, 3.63) is 36.4 Å². The van der Waals surface area contributed by atoms with Gasteiger partial charge in [0.05, 0.1) is 0 Å². The molecule has 2 rings (SSSR count). The summed E-state index contributed by atoms with van der Waals surface area (Å²) < 4.78 is 0. The van der Waals surface area contributed by atoms with Crippen molar-refractivity contribution >= 4 is 35.1 Å². The van der Waals surface area contributed by atoms with Crippen molar-refractivity contribution < 1.29 is 0 Å². The highest BCUT2D eigenvalue weighted by atomic mass is 14.0. The molecule has 0 radical (unpaired) electrons. The first kappa shape index (κ1) is 11.3. The van der Waals surface area contributed by atoms with E-state index in [1.807, 2.05) is 0 Å². The molecule has 0 nitrogen and oxygen atoms in total. The summed E-state index contributed by atoms with van der Waals surface area (Å²) in [5.74, 6) is 0. The fraction of sp³-hybridized carbons (Fsp3) is 0.286. The Kier molecular flexibility index (Phi) is 3.09. The maximum absolute atomic E-state index is 2.26. The van der Waals surface area contributed by atoms with Crippen LogP contribution in [0.3, 0.4) is 0 Å². The first-order valence-electron chi connectivity index (χ1n) is 6.12. The first-order chi connectivity index (χ1) is 7.61. The molecule has 0 fully saturated rings. The van der Waals surface area contributed by atoms with E-state index >= 15 is 0 Å². The zero-order valence-electron chi connectivity index (χ0n) is 10.6. The van der Waals surface area contributed by atoms with E-state index < -0.39 is 0 Å². The van der Waals surface area contributed by atoms with E-state index in [-0.39, 0.29) is 0 Å². The van der Waals surface area contributed by atoms with Gasteiger partial charge in [0.1, 0.15) is 0 Å². The second-order valence-corrected chi connectivity index (χ2v) is 5.10. The Morgan fingerprint density at radius 2 is 1.00 bits per heavy atom. The van der Waals surface area contributed by atoms with Crippen LogP contribution >= 0.6 is 0 Å². The lowest BCUT2D eigenvalue weighted by Gasteiger charge is -2.12. The van der Waals surface area contributed by atoms with Gasteiger partial charge in [0, 0.05) is 0 Å². The van der Waals surface area contributed by atoms with Crippen LogP contribution in [0.15, 0.2) is 36.4 Å². The van der Waals surface area contributed by atoms with Crippen LogP contribution in [0.2, 0.25) is 27.3 Å². The van der Waals surface area contributed by atoms with Gasteiger partial charge in [0.15, 0.2) is 13.4 Å². The van der Waals surface area contributed by atoms with Crippen molar-refractivity contribution in [3.8, 4) is 0 Å². The molecule has 0 aliphatic heterocycles. The molecule has 0 amide bonds. The fourth-order valence-electron chi connectivity index (χ4n) is 2.37. The summed E-state index contributed by atoms with van der Waals surface area (Å²) in [5, 5.41) is 2.84. The molecule has 0 spiro atoms. The standard InChI is InChI=1S/C14H18B2/c1-15(2)13-9-5-8-12-11(13)7-6-10-14(12)16(3)4/h5-10H,1-4H3. The van der Waals surface area contributed by atoms with Gasteiger partial charge in [0.25, 0.3) is 0 Å². The van der Waals surface area contributed by atoms with E-state index in [1.54, 1.807) is 0 Å². The Hall–Kier alpha value is -1.17. The summed E-state index contributed by atoms with van der Waals surface area (Å²) in [7, 11) is 0. The van der Waals surface area contributed by atoms with Crippen molar-refractivity contribution in [3.63, 3.8) is 0 Å². The second kappa shape index (κ2) is 4.37. The van der Waals surface area contributed by atoms with Gasteiger partial charge in [-0.1, -0.05) is 74.6 Å². The van der Waals surface area contributed by atoms with Gasteiger partial charge in [-0.15, -0.1) is 0 Å². The predicted molar refractivity (Wildman–Crippen MR) is 78.2 cm³/mol. The van der Waals surface area contributed by atoms with Gasteiger partial charge in [-0.2, -0.15) is 0 Å². The van der Waals surface area contributed by atoms with Crippen molar-refractivity contribution in [2.24, 2.45) is 0 Å². The number of benzene rings is 2. The maximum Gasteiger partial charge on any atom is 0.170 e. The van der Waals surface area contributed by atoms with Crippen LogP contribution in [-0.4, -0.2) is 13.4 Å².